The van der Waals surface area contributed by atoms with Gasteiger partial charge in [-0.15, -0.1) is 0 Å². The third-order valence-corrected chi connectivity index (χ3v) is 7.02. The third-order valence-electron chi connectivity index (χ3n) is 7.02. The van der Waals surface area contributed by atoms with Gasteiger partial charge in [0.1, 0.15) is 5.54 Å². The van der Waals surface area contributed by atoms with Gasteiger partial charge in [0.05, 0.1) is 0 Å². The first-order valence-corrected chi connectivity index (χ1v) is 11.2. The standard InChI is InChI=1S/C26H29N3O/c1-26(13-6-16-29(26)21-11-14-27-15-12-21)25(30)28-18-24-22-9-4-2-7-19(22)17-20-8-3-5-10-23(20)24/h2,4,7,9,11-12,14-15,17H,3,5-6,8,10,13,16,18H2,1H3,(H,28,30)/t26-/m0/s1. The van der Waals surface area contributed by atoms with Crippen molar-refractivity contribution in [3.8, 4) is 0 Å². The molecule has 0 saturated carbocycles. The zero-order valence-corrected chi connectivity index (χ0v) is 17.7. The Morgan fingerprint density at radius 3 is 2.77 bits per heavy atom. The molecule has 2 aliphatic rings. The van der Waals surface area contributed by atoms with Crippen molar-refractivity contribution in [2.75, 3.05) is 11.4 Å². The van der Waals surface area contributed by atoms with Crippen molar-refractivity contribution in [3.63, 3.8) is 0 Å². The molecule has 2 aromatic carbocycles. The molecule has 1 fully saturated rings. The molecule has 30 heavy (non-hydrogen) atoms. The van der Waals surface area contributed by atoms with Gasteiger partial charge in [0.15, 0.2) is 0 Å². The quantitative estimate of drug-likeness (QED) is 0.686. The average Bonchev–Trinajstić information content (AvgIpc) is 3.20. The van der Waals surface area contributed by atoms with E-state index in [0.29, 0.717) is 6.54 Å². The summed E-state index contributed by atoms with van der Waals surface area (Å²) in [5, 5.41) is 5.89. The van der Waals surface area contributed by atoms with Crippen molar-refractivity contribution in [2.45, 2.75) is 57.5 Å². The molecular weight excluding hydrogens is 370 g/mol. The Morgan fingerprint density at radius 2 is 1.90 bits per heavy atom. The molecule has 0 radical (unpaired) electrons. The lowest BCUT2D eigenvalue weighted by Crippen LogP contribution is -2.53. The van der Waals surface area contributed by atoms with E-state index in [9.17, 15) is 4.79 Å². The fourth-order valence-electron chi connectivity index (χ4n) is 5.38. The predicted molar refractivity (Wildman–Crippen MR) is 122 cm³/mol. The molecule has 0 unspecified atom stereocenters. The molecule has 1 aromatic heterocycles. The van der Waals surface area contributed by atoms with E-state index in [-0.39, 0.29) is 5.91 Å². The molecule has 1 N–H and O–H groups in total. The predicted octanol–water partition coefficient (Wildman–Crippen LogP) is 4.79. The van der Waals surface area contributed by atoms with Gasteiger partial charge in [-0.05, 0) is 85.0 Å². The summed E-state index contributed by atoms with van der Waals surface area (Å²) in [6, 6.07) is 15.0. The van der Waals surface area contributed by atoms with Gasteiger partial charge >= 0.3 is 0 Å². The number of nitrogens with one attached hydrogen (secondary N) is 1. The molecule has 4 heteroatoms. The summed E-state index contributed by atoms with van der Waals surface area (Å²) in [6.45, 7) is 3.58. The number of amides is 1. The molecule has 154 valence electrons. The van der Waals surface area contributed by atoms with Crippen molar-refractivity contribution in [1.82, 2.24) is 10.3 Å². The van der Waals surface area contributed by atoms with Gasteiger partial charge in [-0.3, -0.25) is 9.78 Å². The average molecular weight is 400 g/mol. The van der Waals surface area contributed by atoms with Crippen molar-refractivity contribution in [2.24, 2.45) is 0 Å². The van der Waals surface area contributed by atoms with Crippen molar-refractivity contribution in [3.05, 3.63) is 71.5 Å². The molecule has 1 saturated heterocycles. The number of hydrogen-bond acceptors (Lipinski definition) is 3. The Hall–Kier alpha value is -2.88. The van der Waals surface area contributed by atoms with Crippen molar-refractivity contribution >= 4 is 22.4 Å². The lowest BCUT2D eigenvalue weighted by atomic mass is 9.85. The van der Waals surface area contributed by atoms with E-state index < -0.39 is 5.54 Å². The van der Waals surface area contributed by atoms with Crippen LogP contribution < -0.4 is 10.2 Å². The third kappa shape index (κ3) is 3.24. The second-order valence-electron chi connectivity index (χ2n) is 8.84. The van der Waals surface area contributed by atoms with E-state index in [0.717, 1.165) is 37.9 Å². The van der Waals surface area contributed by atoms with Crippen molar-refractivity contribution < 1.29 is 4.79 Å². The van der Waals surface area contributed by atoms with Crippen LogP contribution in [0.3, 0.4) is 0 Å². The molecule has 1 aliphatic heterocycles. The smallest absolute Gasteiger partial charge is 0.245 e. The van der Waals surface area contributed by atoms with Crippen LogP contribution in [0.1, 0.15) is 49.3 Å². The van der Waals surface area contributed by atoms with Gasteiger partial charge in [-0.25, -0.2) is 0 Å². The fourth-order valence-corrected chi connectivity index (χ4v) is 5.38. The molecule has 1 amide bonds. The summed E-state index contributed by atoms with van der Waals surface area (Å²) in [6.07, 6.45) is 10.3. The normalized spacial score (nSPS) is 20.9. The van der Waals surface area contributed by atoms with Gasteiger partial charge in [-0.2, -0.15) is 0 Å². The van der Waals surface area contributed by atoms with E-state index in [2.05, 4.69) is 52.5 Å². The molecule has 3 aromatic rings. The van der Waals surface area contributed by atoms with Gasteiger partial charge < -0.3 is 10.2 Å². The molecular formula is C26H29N3O. The molecule has 4 nitrogen and oxygen atoms in total. The Kier molecular flexibility index (Phi) is 4.93. The monoisotopic (exact) mass is 399 g/mol. The Balaban J connectivity index is 1.44. The summed E-state index contributed by atoms with van der Waals surface area (Å²) >= 11 is 0. The largest absolute Gasteiger partial charge is 0.357 e. The number of fused-ring (bicyclic) bond motifs is 2. The number of aromatic nitrogens is 1. The van der Waals surface area contributed by atoms with Crippen LogP contribution in [0.5, 0.6) is 0 Å². The number of anilines is 1. The first kappa shape index (κ1) is 19.1. The Labute approximate surface area is 178 Å². The van der Waals surface area contributed by atoms with E-state index in [1.54, 1.807) is 12.4 Å². The minimum absolute atomic E-state index is 0.120. The summed E-state index contributed by atoms with van der Waals surface area (Å²) in [7, 11) is 0. The van der Waals surface area contributed by atoms with E-state index >= 15 is 0 Å². The van der Waals surface area contributed by atoms with Crippen LogP contribution in [0.2, 0.25) is 0 Å². The highest BCUT2D eigenvalue weighted by atomic mass is 16.2. The van der Waals surface area contributed by atoms with Crippen LogP contribution in [0, 0.1) is 0 Å². The van der Waals surface area contributed by atoms with E-state index in [1.807, 2.05) is 12.1 Å². The van der Waals surface area contributed by atoms with Crippen molar-refractivity contribution in [1.29, 1.82) is 0 Å². The number of carbonyl (C=O) groups excluding carboxylic acids is 1. The number of nitrogens with zero attached hydrogens (tertiary/aromatic N) is 2. The highest BCUT2D eigenvalue weighted by Crippen LogP contribution is 2.35. The Morgan fingerprint density at radius 1 is 1.10 bits per heavy atom. The zero-order valence-electron chi connectivity index (χ0n) is 17.7. The molecule has 2 heterocycles. The van der Waals surface area contributed by atoms with Crippen LogP contribution in [0.25, 0.3) is 10.8 Å². The lowest BCUT2D eigenvalue weighted by Gasteiger charge is -2.35. The number of carbonyl (C=O) groups is 1. The molecule has 0 spiro atoms. The maximum absolute atomic E-state index is 13.5. The van der Waals surface area contributed by atoms with Crippen LogP contribution in [-0.2, 0) is 24.2 Å². The Bertz CT molecular complexity index is 1080. The number of rotatable bonds is 4. The van der Waals surface area contributed by atoms with Gasteiger partial charge in [0, 0.05) is 31.2 Å². The van der Waals surface area contributed by atoms with Gasteiger partial charge in [-0.1, -0.05) is 30.3 Å². The summed E-state index contributed by atoms with van der Waals surface area (Å²) in [4.78, 5) is 19.8. The number of hydrogen-bond donors (Lipinski definition) is 1. The highest BCUT2D eigenvalue weighted by Gasteiger charge is 2.43. The second-order valence-corrected chi connectivity index (χ2v) is 8.84. The van der Waals surface area contributed by atoms with Crippen LogP contribution >= 0.6 is 0 Å². The summed E-state index contributed by atoms with van der Waals surface area (Å²) < 4.78 is 0. The maximum Gasteiger partial charge on any atom is 0.245 e. The summed E-state index contributed by atoms with van der Waals surface area (Å²) in [5.41, 5.74) is 4.79. The summed E-state index contributed by atoms with van der Waals surface area (Å²) in [5.74, 6) is 0.120. The van der Waals surface area contributed by atoms with Crippen LogP contribution in [0.15, 0.2) is 54.9 Å². The van der Waals surface area contributed by atoms with Crippen LogP contribution in [-0.4, -0.2) is 23.0 Å². The SMILES string of the molecule is C[C@@]1(C(=O)NCc2c3c(cc4ccccc24)CCCC3)CCCN1c1ccncc1. The highest BCUT2D eigenvalue weighted by molar-refractivity contribution is 5.92. The first-order chi connectivity index (χ1) is 14.7. The lowest BCUT2D eigenvalue weighted by molar-refractivity contribution is -0.125. The molecule has 1 aliphatic carbocycles. The minimum Gasteiger partial charge on any atom is -0.357 e. The van der Waals surface area contributed by atoms with E-state index in [4.69, 9.17) is 0 Å². The topological polar surface area (TPSA) is 45.2 Å². The van der Waals surface area contributed by atoms with Gasteiger partial charge in [0.2, 0.25) is 5.91 Å². The molecule has 0 bridgehead atoms. The number of benzene rings is 2. The molecule has 5 rings (SSSR count). The number of pyridine rings is 1. The van der Waals surface area contributed by atoms with E-state index in [1.165, 1.54) is 40.3 Å². The molecule has 1 atom stereocenters. The minimum atomic E-state index is -0.522. The van der Waals surface area contributed by atoms with Gasteiger partial charge in [0.25, 0.3) is 0 Å². The second kappa shape index (κ2) is 7.75. The maximum atomic E-state index is 13.5. The fraction of sp³-hybridized carbons (Fsp3) is 0.385. The van der Waals surface area contributed by atoms with Crippen LogP contribution in [0.4, 0.5) is 5.69 Å². The number of aryl methyl sites for hydroxylation is 1. The first-order valence-electron chi connectivity index (χ1n) is 11.2. The zero-order chi connectivity index (χ0) is 20.6.